The molecule has 2 rings (SSSR count). The molecule has 0 aliphatic carbocycles. The van der Waals surface area contributed by atoms with Crippen LogP contribution in [0.2, 0.25) is 0 Å². The number of rotatable bonds is 4. The minimum Gasteiger partial charge on any atom is -0.489 e. The largest absolute Gasteiger partial charge is 0.489 e. The molecule has 0 saturated carbocycles. The van der Waals surface area contributed by atoms with Crippen LogP contribution in [0.4, 0.5) is 4.39 Å². The summed E-state index contributed by atoms with van der Waals surface area (Å²) in [7, 11) is 0. The number of hydrogen-bond acceptors (Lipinski definition) is 1. The molecule has 0 spiro atoms. The van der Waals surface area contributed by atoms with E-state index in [2.05, 4.69) is 29.8 Å². The van der Waals surface area contributed by atoms with Gasteiger partial charge in [-0.3, -0.25) is 0 Å². The van der Waals surface area contributed by atoms with Gasteiger partial charge in [-0.2, -0.15) is 0 Å². The molecule has 100 valence electrons. The van der Waals surface area contributed by atoms with Crippen molar-refractivity contribution in [2.24, 2.45) is 0 Å². The van der Waals surface area contributed by atoms with Crippen molar-refractivity contribution < 1.29 is 9.13 Å². The SMILES string of the molecule is CC(C)c1ccc(OCc2cc(Br)ccc2F)cc1. The standard InChI is InChI=1S/C16H16BrFO/c1-11(2)12-3-6-15(7-4-12)19-10-13-9-14(17)5-8-16(13)18/h3-9,11H,10H2,1-2H3. The van der Waals surface area contributed by atoms with E-state index >= 15 is 0 Å². The quantitative estimate of drug-likeness (QED) is 0.743. The molecule has 0 aliphatic rings. The Labute approximate surface area is 121 Å². The third-order valence-corrected chi connectivity index (χ3v) is 3.44. The van der Waals surface area contributed by atoms with Crippen molar-refractivity contribution in [1.29, 1.82) is 0 Å². The van der Waals surface area contributed by atoms with Gasteiger partial charge < -0.3 is 4.74 Å². The van der Waals surface area contributed by atoms with Gasteiger partial charge in [0.2, 0.25) is 0 Å². The molecule has 0 aliphatic heterocycles. The predicted octanol–water partition coefficient (Wildman–Crippen LogP) is 5.29. The third kappa shape index (κ3) is 3.80. The Morgan fingerprint density at radius 1 is 1.11 bits per heavy atom. The fourth-order valence-corrected chi connectivity index (χ4v) is 2.17. The Balaban J connectivity index is 2.04. The Kier molecular flexibility index (Phi) is 4.59. The van der Waals surface area contributed by atoms with Crippen molar-refractivity contribution >= 4 is 15.9 Å². The molecular weight excluding hydrogens is 307 g/mol. The normalized spacial score (nSPS) is 10.8. The lowest BCUT2D eigenvalue weighted by molar-refractivity contribution is 0.299. The zero-order chi connectivity index (χ0) is 13.8. The number of ether oxygens (including phenoxy) is 1. The number of halogens is 2. The van der Waals surface area contributed by atoms with Crippen LogP contribution in [0.1, 0.15) is 30.9 Å². The molecule has 1 nitrogen and oxygen atoms in total. The summed E-state index contributed by atoms with van der Waals surface area (Å²) >= 11 is 3.33. The van der Waals surface area contributed by atoms with Gasteiger partial charge in [0, 0.05) is 10.0 Å². The van der Waals surface area contributed by atoms with Crippen molar-refractivity contribution in [3.63, 3.8) is 0 Å². The smallest absolute Gasteiger partial charge is 0.129 e. The van der Waals surface area contributed by atoms with E-state index in [9.17, 15) is 4.39 Å². The van der Waals surface area contributed by atoms with Crippen LogP contribution in [-0.4, -0.2) is 0 Å². The average Bonchev–Trinajstić information content (AvgIpc) is 2.40. The van der Waals surface area contributed by atoms with Crippen molar-refractivity contribution in [2.75, 3.05) is 0 Å². The van der Waals surface area contributed by atoms with Gasteiger partial charge in [0.05, 0.1) is 0 Å². The van der Waals surface area contributed by atoms with E-state index in [0.717, 1.165) is 10.2 Å². The average molecular weight is 323 g/mol. The first kappa shape index (κ1) is 14.1. The van der Waals surface area contributed by atoms with E-state index in [1.54, 1.807) is 12.1 Å². The lowest BCUT2D eigenvalue weighted by Gasteiger charge is -2.09. The zero-order valence-corrected chi connectivity index (χ0v) is 12.6. The van der Waals surface area contributed by atoms with Crippen LogP contribution >= 0.6 is 15.9 Å². The third-order valence-electron chi connectivity index (χ3n) is 2.95. The summed E-state index contributed by atoms with van der Waals surface area (Å²) in [6.07, 6.45) is 0. The summed E-state index contributed by atoms with van der Waals surface area (Å²) < 4.78 is 20.0. The van der Waals surface area contributed by atoms with E-state index in [1.807, 2.05) is 24.3 Å². The van der Waals surface area contributed by atoms with Crippen molar-refractivity contribution in [2.45, 2.75) is 26.4 Å². The Hall–Kier alpha value is -1.35. The second-order valence-corrected chi connectivity index (χ2v) is 5.66. The molecule has 0 N–H and O–H groups in total. The molecular formula is C16H16BrFO. The van der Waals surface area contributed by atoms with Crippen molar-refractivity contribution in [3.05, 3.63) is 63.9 Å². The van der Waals surface area contributed by atoms with Crippen LogP contribution < -0.4 is 4.74 Å². The van der Waals surface area contributed by atoms with Gasteiger partial charge in [-0.05, 0) is 41.8 Å². The van der Waals surface area contributed by atoms with Crippen LogP contribution in [-0.2, 0) is 6.61 Å². The summed E-state index contributed by atoms with van der Waals surface area (Å²) in [4.78, 5) is 0. The second-order valence-electron chi connectivity index (χ2n) is 4.75. The van der Waals surface area contributed by atoms with Crippen LogP contribution in [0.5, 0.6) is 5.75 Å². The first-order chi connectivity index (χ1) is 9.06. The molecule has 0 amide bonds. The highest BCUT2D eigenvalue weighted by Crippen LogP contribution is 2.21. The molecule has 0 radical (unpaired) electrons. The highest BCUT2D eigenvalue weighted by molar-refractivity contribution is 9.10. The Morgan fingerprint density at radius 2 is 1.79 bits per heavy atom. The number of benzene rings is 2. The number of hydrogen-bond donors (Lipinski definition) is 0. The van der Waals surface area contributed by atoms with Crippen LogP contribution in [0, 0.1) is 5.82 Å². The fraction of sp³-hybridized carbons (Fsp3) is 0.250. The Morgan fingerprint density at radius 3 is 2.42 bits per heavy atom. The Bertz CT molecular complexity index is 549. The molecule has 0 unspecified atom stereocenters. The topological polar surface area (TPSA) is 9.23 Å². The summed E-state index contributed by atoms with van der Waals surface area (Å²) in [5.41, 5.74) is 1.81. The summed E-state index contributed by atoms with van der Waals surface area (Å²) in [5.74, 6) is 1.00. The molecule has 0 fully saturated rings. The maximum atomic E-state index is 13.5. The highest BCUT2D eigenvalue weighted by atomic mass is 79.9. The summed E-state index contributed by atoms with van der Waals surface area (Å²) in [6, 6.07) is 12.8. The lowest BCUT2D eigenvalue weighted by atomic mass is 10.0. The summed E-state index contributed by atoms with van der Waals surface area (Å²) in [5, 5.41) is 0. The lowest BCUT2D eigenvalue weighted by Crippen LogP contribution is -1.98. The molecule has 2 aromatic rings. The zero-order valence-electron chi connectivity index (χ0n) is 11.0. The first-order valence-corrected chi connectivity index (χ1v) is 7.02. The second kappa shape index (κ2) is 6.20. The van der Waals surface area contributed by atoms with Crippen LogP contribution in [0.15, 0.2) is 46.9 Å². The molecule has 3 heteroatoms. The minimum absolute atomic E-state index is 0.228. The van der Waals surface area contributed by atoms with E-state index in [-0.39, 0.29) is 12.4 Å². The van der Waals surface area contributed by atoms with Crippen molar-refractivity contribution in [1.82, 2.24) is 0 Å². The van der Waals surface area contributed by atoms with Gasteiger partial charge in [0.15, 0.2) is 0 Å². The van der Waals surface area contributed by atoms with Gasteiger partial charge in [-0.25, -0.2) is 4.39 Å². The van der Waals surface area contributed by atoms with Crippen LogP contribution in [0.3, 0.4) is 0 Å². The minimum atomic E-state index is -0.248. The molecule has 0 atom stereocenters. The van der Waals surface area contributed by atoms with E-state index in [4.69, 9.17) is 4.74 Å². The first-order valence-electron chi connectivity index (χ1n) is 6.23. The van der Waals surface area contributed by atoms with Gasteiger partial charge in [0.1, 0.15) is 18.2 Å². The molecule has 0 bridgehead atoms. The molecule has 19 heavy (non-hydrogen) atoms. The van der Waals surface area contributed by atoms with Gasteiger partial charge in [-0.15, -0.1) is 0 Å². The van der Waals surface area contributed by atoms with E-state index < -0.39 is 0 Å². The fourth-order valence-electron chi connectivity index (χ4n) is 1.76. The molecule has 0 heterocycles. The predicted molar refractivity (Wildman–Crippen MR) is 79.0 cm³/mol. The van der Waals surface area contributed by atoms with Crippen LogP contribution in [0.25, 0.3) is 0 Å². The highest BCUT2D eigenvalue weighted by Gasteiger charge is 2.04. The molecule has 0 saturated heterocycles. The maximum absolute atomic E-state index is 13.5. The van der Waals surface area contributed by atoms with E-state index in [1.165, 1.54) is 11.6 Å². The monoisotopic (exact) mass is 322 g/mol. The van der Waals surface area contributed by atoms with Crippen molar-refractivity contribution in [3.8, 4) is 5.75 Å². The van der Waals surface area contributed by atoms with Gasteiger partial charge in [0.25, 0.3) is 0 Å². The maximum Gasteiger partial charge on any atom is 0.129 e. The molecule has 0 aromatic heterocycles. The summed E-state index contributed by atoms with van der Waals surface area (Å²) in [6.45, 7) is 4.52. The molecule has 2 aromatic carbocycles. The van der Waals surface area contributed by atoms with Gasteiger partial charge >= 0.3 is 0 Å². The van der Waals surface area contributed by atoms with E-state index in [0.29, 0.717) is 11.5 Å². The van der Waals surface area contributed by atoms with Gasteiger partial charge in [-0.1, -0.05) is 41.9 Å².